The maximum absolute atomic E-state index is 13.1. The van der Waals surface area contributed by atoms with E-state index in [-0.39, 0.29) is 17.9 Å². The molecule has 4 rings (SSSR count). The van der Waals surface area contributed by atoms with Crippen molar-refractivity contribution in [1.29, 1.82) is 0 Å². The van der Waals surface area contributed by atoms with Crippen molar-refractivity contribution in [3.05, 3.63) is 65.9 Å². The third-order valence-corrected chi connectivity index (χ3v) is 6.07. The Kier molecular flexibility index (Phi) is 6.49. The van der Waals surface area contributed by atoms with E-state index >= 15 is 0 Å². The van der Waals surface area contributed by atoms with Crippen molar-refractivity contribution in [2.24, 2.45) is 5.92 Å². The number of amides is 1. The van der Waals surface area contributed by atoms with Crippen LogP contribution in [-0.2, 0) is 11.3 Å². The zero-order valence-electron chi connectivity index (χ0n) is 19.2. The summed E-state index contributed by atoms with van der Waals surface area (Å²) in [5, 5.41) is 4.80. The Hall–Kier alpha value is -3.28. The van der Waals surface area contributed by atoms with Gasteiger partial charge < -0.3 is 14.4 Å². The quantitative estimate of drug-likeness (QED) is 0.446. The molecule has 1 aromatic heterocycles. The normalized spacial score (nSPS) is 14.1. The molecule has 6 heteroatoms. The van der Waals surface area contributed by atoms with Gasteiger partial charge in [-0.05, 0) is 69.5 Å². The van der Waals surface area contributed by atoms with Gasteiger partial charge in [0.15, 0.2) is 0 Å². The highest BCUT2D eigenvalue weighted by Crippen LogP contribution is 2.36. The van der Waals surface area contributed by atoms with Crippen LogP contribution in [-0.4, -0.2) is 33.7 Å². The van der Waals surface area contributed by atoms with Crippen molar-refractivity contribution in [3.8, 4) is 23.1 Å². The van der Waals surface area contributed by atoms with Crippen molar-refractivity contribution in [2.45, 2.75) is 52.6 Å². The number of hydrogen-bond donors (Lipinski definition) is 0. The van der Waals surface area contributed by atoms with E-state index in [4.69, 9.17) is 14.6 Å². The maximum atomic E-state index is 13.1. The van der Waals surface area contributed by atoms with Gasteiger partial charge in [0.1, 0.15) is 11.5 Å². The number of para-hydroxylation sites is 1. The number of aryl methyl sites for hydroxylation is 1. The van der Waals surface area contributed by atoms with Gasteiger partial charge in [-0.3, -0.25) is 4.79 Å². The summed E-state index contributed by atoms with van der Waals surface area (Å²) in [6.07, 6.45) is 2.88. The average Bonchev–Trinajstić information content (AvgIpc) is 3.63. The lowest BCUT2D eigenvalue weighted by Gasteiger charge is -2.29. The molecule has 1 aliphatic carbocycles. The molecule has 1 aliphatic rings. The van der Waals surface area contributed by atoms with Crippen LogP contribution in [0.5, 0.6) is 17.4 Å². The summed E-state index contributed by atoms with van der Waals surface area (Å²) < 4.78 is 13.5. The largest absolute Gasteiger partial charge is 0.497 e. The molecule has 6 nitrogen and oxygen atoms in total. The third-order valence-electron chi connectivity index (χ3n) is 6.07. The monoisotopic (exact) mass is 433 g/mol. The molecule has 0 aliphatic heterocycles. The number of aromatic nitrogens is 2. The van der Waals surface area contributed by atoms with E-state index in [9.17, 15) is 4.79 Å². The van der Waals surface area contributed by atoms with Crippen LogP contribution in [0.1, 0.15) is 44.4 Å². The summed E-state index contributed by atoms with van der Waals surface area (Å²) in [6, 6.07) is 17.6. The fourth-order valence-corrected chi connectivity index (χ4v) is 3.73. The van der Waals surface area contributed by atoms with Crippen LogP contribution in [0.25, 0.3) is 5.69 Å². The van der Waals surface area contributed by atoms with Crippen LogP contribution in [0.3, 0.4) is 0 Å². The summed E-state index contributed by atoms with van der Waals surface area (Å²) in [5.41, 5.74) is 2.70. The number of methoxy groups -OCH3 is 1. The first kappa shape index (κ1) is 21.9. The molecule has 1 atom stereocenters. The third kappa shape index (κ3) is 4.64. The predicted molar refractivity (Wildman–Crippen MR) is 124 cm³/mol. The number of carbonyl (C=O) groups excluding carboxylic acids is 1. The number of hydrogen-bond acceptors (Lipinski definition) is 4. The zero-order chi connectivity index (χ0) is 22.7. The van der Waals surface area contributed by atoms with Gasteiger partial charge in [-0.1, -0.05) is 25.1 Å². The van der Waals surface area contributed by atoms with Crippen molar-refractivity contribution in [3.63, 3.8) is 0 Å². The van der Waals surface area contributed by atoms with E-state index < -0.39 is 0 Å². The molecule has 0 N–H and O–H groups in total. The number of benzene rings is 2. The van der Waals surface area contributed by atoms with Crippen molar-refractivity contribution in [2.75, 3.05) is 7.11 Å². The molecule has 168 valence electrons. The minimum Gasteiger partial charge on any atom is -0.497 e. The Balaban J connectivity index is 1.74. The van der Waals surface area contributed by atoms with Crippen molar-refractivity contribution in [1.82, 2.24) is 14.7 Å². The van der Waals surface area contributed by atoms with E-state index in [2.05, 4.69) is 13.8 Å². The Morgan fingerprint density at radius 2 is 1.78 bits per heavy atom. The number of ether oxygens (including phenoxy) is 2. The summed E-state index contributed by atoms with van der Waals surface area (Å²) in [7, 11) is 1.64. The molecule has 0 radical (unpaired) electrons. The Morgan fingerprint density at radius 3 is 2.38 bits per heavy atom. The minimum atomic E-state index is 0.149. The fourth-order valence-electron chi connectivity index (χ4n) is 3.73. The number of nitrogens with zero attached hydrogens (tertiary/aromatic N) is 3. The number of rotatable bonds is 9. The molecule has 2 aromatic carbocycles. The SMILES string of the molecule is CCC(C)N(Cc1c(C)nn(-c2ccccc2)c1Oc1ccc(OC)cc1)C(=O)C1CC1. The Labute approximate surface area is 189 Å². The molecule has 1 fully saturated rings. The van der Waals surface area contributed by atoms with Gasteiger partial charge >= 0.3 is 0 Å². The first-order valence-corrected chi connectivity index (χ1v) is 11.3. The van der Waals surface area contributed by atoms with Gasteiger partial charge in [0.25, 0.3) is 0 Å². The first-order valence-electron chi connectivity index (χ1n) is 11.3. The Bertz CT molecular complexity index is 1060. The number of carbonyl (C=O) groups is 1. The summed E-state index contributed by atoms with van der Waals surface area (Å²) in [6.45, 7) is 6.69. The molecule has 0 spiro atoms. The highest BCUT2D eigenvalue weighted by Gasteiger charge is 2.36. The molecule has 3 aromatic rings. The lowest BCUT2D eigenvalue weighted by atomic mass is 10.1. The highest BCUT2D eigenvalue weighted by atomic mass is 16.5. The van der Waals surface area contributed by atoms with E-state index in [1.165, 1.54) is 0 Å². The summed E-state index contributed by atoms with van der Waals surface area (Å²) in [4.78, 5) is 15.1. The van der Waals surface area contributed by atoms with Gasteiger partial charge in [-0.25, -0.2) is 4.68 Å². The molecule has 0 bridgehead atoms. The maximum Gasteiger partial charge on any atom is 0.227 e. The average molecular weight is 434 g/mol. The van der Waals surface area contributed by atoms with E-state index in [0.29, 0.717) is 18.2 Å². The second-order valence-electron chi connectivity index (χ2n) is 8.39. The highest BCUT2D eigenvalue weighted by molar-refractivity contribution is 5.81. The van der Waals surface area contributed by atoms with E-state index in [0.717, 1.165) is 42.0 Å². The van der Waals surface area contributed by atoms with Crippen molar-refractivity contribution >= 4 is 5.91 Å². The van der Waals surface area contributed by atoms with E-state index in [1.54, 1.807) is 7.11 Å². The fraction of sp³-hybridized carbons (Fsp3) is 0.385. The standard InChI is InChI=1S/C26H31N3O3/c1-5-18(2)28(25(30)20-11-12-20)17-24-19(3)27-29(21-9-7-6-8-10-21)26(24)32-23-15-13-22(31-4)14-16-23/h6-10,13-16,18,20H,5,11-12,17H2,1-4H3. The second kappa shape index (κ2) is 9.47. The van der Waals surface area contributed by atoms with Crippen LogP contribution < -0.4 is 9.47 Å². The van der Waals surface area contributed by atoms with Crippen LogP contribution in [0, 0.1) is 12.8 Å². The predicted octanol–water partition coefficient (Wildman–Crippen LogP) is 5.52. The summed E-state index contributed by atoms with van der Waals surface area (Å²) in [5.74, 6) is 2.49. The molecule has 0 saturated heterocycles. The molecule has 32 heavy (non-hydrogen) atoms. The van der Waals surface area contributed by atoms with Crippen LogP contribution in [0.4, 0.5) is 0 Å². The minimum absolute atomic E-state index is 0.149. The van der Waals surface area contributed by atoms with Gasteiger partial charge in [-0.2, -0.15) is 5.10 Å². The molecular formula is C26H31N3O3. The van der Waals surface area contributed by atoms with Crippen LogP contribution >= 0.6 is 0 Å². The van der Waals surface area contributed by atoms with Gasteiger partial charge in [0.2, 0.25) is 11.8 Å². The first-order chi connectivity index (χ1) is 15.5. The Morgan fingerprint density at radius 1 is 1.12 bits per heavy atom. The van der Waals surface area contributed by atoms with Crippen molar-refractivity contribution < 1.29 is 14.3 Å². The lowest BCUT2D eigenvalue weighted by Crippen LogP contribution is -2.38. The van der Waals surface area contributed by atoms with Gasteiger partial charge in [-0.15, -0.1) is 0 Å². The molecule has 1 saturated carbocycles. The molecular weight excluding hydrogens is 402 g/mol. The lowest BCUT2D eigenvalue weighted by molar-refractivity contribution is -0.135. The van der Waals surface area contributed by atoms with Gasteiger partial charge in [0, 0.05) is 12.0 Å². The molecule has 1 heterocycles. The van der Waals surface area contributed by atoms with E-state index in [1.807, 2.05) is 71.1 Å². The second-order valence-corrected chi connectivity index (χ2v) is 8.39. The topological polar surface area (TPSA) is 56.6 Å². The van der Waals surface area contributed by atoms with Crippen LogP contribution in [0.15, 0.2) is 54.6 Å². The molecule has 1 unspecified atom stereocenters. The summed E-state index contributed by atoms with van der Waals surface area (Å²) >= 11 is 0. The molecule has 1 amide bonds. The van der Waals surface area contributed by atoms with Crippen LogP contribution in [0.2, 0.25) is 0 Å². The smallest absolute Gasteiger partial charge is 0.227 e. The zero-order valence-corrected chi connectivity index (χ0v) is 19.2. The van der Waals surface area contributed by atoms with Gasteiger partial charge in [0.05, 0.1) is 30.6 Å².